The van der Waals surface area contributed by atoms with E-state index in [1.54, 1.807) is 0 Å². The minimum Gasteiger partial charge on any atom is -0.465 e. The molecule has 2 nitrogen and oxygen atoms in total. The first-order chi connectivity index (χ1) is 7.65. The van der Waals surface area contributed by atoms with Gasteiger partial charge in [0.1, 0.15) is 5.03 Å². The van der Waals surface area contributed by atoms with Gasteiger partial charge < -0.3 is 4.74 Å². The number of carbonyl (C=O) groups excluding carboxylic acids is 1. The topological polar surface area (TPSA) is 26.3 Å². The van der Waals surface area contributed by atoms with E-state index < -0.39 is 5.97 Å². The third-order valence-corrected chi connectivity index (χ3v) is 2.85. The number of methoxy groups -OCH3 is 1. The van der Waals surface area contributed by atoms with Crippen LogP contribution in [0.2, 0.25) is 0 Å². The van der Waals surface area contributed by atoms with Gasteiger partial charge in [-0.1, -0.05) is 41.9 Å². The molecule has 0 aliphatic rings. The van der Waals surface area contributed by atoms with Crippen molar-refractivity contribution in [3.05, 3.63) is 46.5 Å². The number of hydrogen-bond donors (Lipinski definition) is 0. The standard InChI is InChI=1S/C13H15ClO2/c1-10(12(14)13(15)16-2)8-9-11-6-4-3-5-7-11/h3-7H,8-9H2,1-2H3/b12-10+. The van der Waals surface area contributed by atoms with Crippen molar-refractivity contribution in [3.63, 3.8) is 0 Å². The summed E-state index contributed by atoms with van der Waals surface area (Å²) in [7, 11) is 1.33. The second-order valence-corrected chi connectivity index (χ2v) is 3.95. The monoisotopic (exact) mass is 238 g/mol. The van der Waals surface area contributed by atoms with Crippen molar-refractivity contribution >= 4 is 17.6 Å². The molecule has 0 fully saturated rings. The summed E-state index contributed by atoms with van der Waals surface area (Å²) in [4.78, 5) is 11.2. The molecule has 0 aliphatic carbocycles. The van der Waals surface area contributed by atoms with Crippen LogP contribution in [0.1, 0.15) is 18.9 Å². The molecule has 3 heteroatoms. The van der Waals surface area contributed by atoms with E-state index >= 15 is 0 Å². The fourth-order valence-electron chi connectivity index (χ4n) is 1.35. The maximum Gasteiger partial charge on any atom is 0.349 e. The zero-order chi connectivity index (χ0) is 12.0. The highest BCUT2D eigenvalue weighted by Gasteiger charge is 2.09. The summed E-state index contributed by atoms with van der Waals surface area (Å²) in [6, 6.07) is 10.1. The second kappa shape index (κ2) is 6.33. The smallest absolute Gasteiger partial charge is 0.349 e. The van der Waals surface area contributed by atoms with Crippen molar-refractivity contribution in [1.29, 1.82) is 0 Å². The number of esters is 1. The normalized spacial score (nSPS) is 11.9. The quantitative estimate of drug-likeness (QED) is 0.594. The molecule has 0 aliphatic heterocycles. The molecular weight excluding hydrogens is 224 g/mol. The Morgan fingerprint density at radius 3 is 2.50 bits per heavy atom. The maximum absolute atomic E-state index is 11.2. The number of rotatable bonds is 4. The van der Waals surface area contributed by atoms with Crippen LogP contribution in [0.5, 0.6) is 0 Å². The lowest BCUT2D eigenvalue weighted by molar-refractivity contribution is -0.135. The Balaban J connectivity index is 2.59. The number of halogens is 1. The second-order valence-electron chi connectivity index (χ2n) is 3.57. The Hall–Kier alpha value is -1.28. The number of benzene rings is 1. The van der Waals surface area contributed by atoms with Crippen LogP contribution in [0, 0.1) is 0 Å². The molecule has 0 N–H and O–H groups in total. The molecule has 0 saturated heterocycles. The number of allylic oxidation sites excluding steroid dienone is 1. The largest absolute Gasteiger partial charge is 0.465 e. The molecule has 1 aromatic rings. The molecule has 0 amide bonds. The minimum atomic E-state index is -0.466. The van der Waals surface area contributed by atoms with Crippen LogP contribution in [-0.2, 0) is 16.0 Å². The molecule has 16 heavy (non-hydrogen) atoms. The fraction of sp³-hybridized carbons (Fsp3) is 0.308. The van der Waals surface area contributed by atoms with Crippen LogP contribution in [0.25, 0.3) is 0 Å². The average molecular weight is 239 g/mol. The first kappa shape index (κ1) is 12.8. The summed E-state index contributed by atoms with van der Waals surface area (Å²) in [5, 5.41) is 0.193. The van der Waals surface area contributed by atoms with E-state index in [1.807, 2.05) is 25.1 Å². The average Bonchev–Trinajstić information content (AvgIpc) is 2.35. The minimum absolute atomic E-state index is 0.193. The summed E-state index contributed by atoms with van der Waals surface area (Å²) < 4.78 is 4.56. The zero-order valence-corrected chi connectivity index (χ0v) is 10.3. The van der Waals surface area contributed by atoms with Crippen LogP contribution < -0.4 is 0 Å². The van der Waals surface area contributed by atoms with Crippen LogP contribution in [0.4, 0.5) is 0 Å². The third kappa shape index (κ3) is 3.70. The van der Waals surface area contributed by atoms with Gasteiger partial charge in [-0.05, 0) is 30.9 Å². The molecule has 0 spiro atoms. The van der Waals surface area contributed by atoms with E-state index in [-0.39, 0.29) is 5.03 Å². The first-order valence-electron chi connectivity index (χ1n) is 5.12. The number of aryl methyl sites for hydroxylation is 1. The molecule has 0 heterocycles. The van der Waals surface area contributed by atoms with Gasteiger partial charge in [0.15, 0.2) is 0 Å². The van der Waals surface area contributed by atoms with E-state index in [2.05, 4.69) is 16.9 Å². The lowest BCUT2D eigenvalue weighted by Crippen LogP contribution is -2.02. The summed E-state index contributed by atoms with van der Waals surface area (Å²) in [6.45, 7) is 1.85. The van der Waals surface area contributed by atoms with Gasteiger partial charge in [-0.2, -0.15) is 0 Å². The molecule has 0 radical (unpaired) electrons. The Kier molecular flexibility index (Phi) is 5.06. The summed E-state index contributed by atoms with van der Waals surface area (Å²) in [5.74, 6) is -0.466. The van der Waals surface area contributed by atoms with Crippen molar-refractivity contribution in [1.82, 2.24) is 0 Å². The van der Waals surface area contributed by atoms with Crippen molar-refractivity contribution in [2.45, 2.75) is 19.8 Å². The van der Waals surface area contributed by atoms with Gasteiger partial charge in [0.2, 0.25) is 0 Å². The van der Waals surface area contributed by atoms with Crippen LogP contribution in [0.15, 0.2) is 40.9 Å². The van der Waals surface area contributed by atoms with E-state index in [4.69, 9.17) is 11.6 Å². The lowest BCUT2D eigenvalue weighted by atomic mass is 10.1. The predicted octanol–water partition coefficient (Wildman–Crippen LogP) is 3.31. The maximum atomic E-state index is 11.2. The van der Waals surface area contributed by atoms with Gasteiger partial charge >= 0.3 is 5.97 Å². The van der Waals surface area contributed by atoms with Crippen molar-refractivity contribution in [2.75, 3.05) is 7.11 Å². The Morgan fingerprint density at radius 2 is 1.94 bits per heavy atom. The van der Waals surface area contributed by atoms with Crippen molar-refractivity contribution in [2.24, 2.45) is 0 Å². The summed E-state index contributed by atoms with van der Waals surface area (Å²) in [6.07, 6.45) is 1.64. The molecule has 0 bridgehead atoms. The summed E-state index contributed by atoms with van der Waals surface area (Å²) >= 11 is 5.85. The molecule has 0 unspecified atom stereocenters. The Labute approximate surface area is 101 Å². The Morgan fingerprint density at radius 1 is 1.31 bits per heavy atom. The van der Waals surface area contributed by atoms with Gasteiger partial charge in [-0.15, -0.1) is 0 Å². The first-order valence-corrected chi connectivity index (χ1v) is 5.50. The van der Waals surface area contributed by atoms with Gasteiger partial charge in [-0.3, -0.25) is 0 Å². The van der Waals surface area contributed by atoms with Crippen LogP contribution in [-0.4, -0.2) is 13.1 Å². The molecule has 0 aromatic heterocycles. The van der Waals surface area contributed by atoms with E-state index in [1.165, 1.54) is 12.7 Å². The van der Waals surface area contributed by atoms with E-state index in [0.29, 0.717) is 0 Å². The van der Waals surface area contributed by atoms with Gasteiger partial charge in [0.05, 0.1) is 7.11 Å². The number of hydrogen-bond acceptors (Lipinski definition) is 2. The number of ether oxygens (including phenoxy) is 1. The molecule has 1 aromatic carbocycles. The zero-order valence-electron chi connectivity index (χ0n) is 9.50. The highest BCUT2D eigenvalue weighted by molar-refractivity contribution is 6.41. The van der Waals surface area contributed by atoms with E-state index in [9.17, 15) is 4.79 Å². The van der Waals surface area contributed by atoms with Gasteiger partial charge in [0.25, 0.3) is 0 Å². The SMILES string of the molecule is COC(=O)/C(Cl)=C(/C)CCc1ccccc1. The highest BCUT2D eigenvalue weighted by atomic mass is 35.5. The van der Waals surface area contributed by atoms with Gasteiger partial charge in [0, 0.05) is 0 Å². The van der Waals surface area contributed by atoms with Crippen molar-refractivity contribution < 1.29 is 9.53 Å². The molecular formula is C13H15ClO2. The Bertz CT molecular complexity index is 382. The van der Waals surface area contributed by atoms with E-state index in [0.717, 1.165) is 18.4 Å². The van der Waals surface area contributed by atoms with Crippen molar-refractivity contribution in [3.8, 4) is 0 Å². The predicted molar refractivity (Wildman–Crippen MR) is 65.3 cm³/mol. The molecule has 1 rings (SSSR count). The van der Waals surface area contributed by atoms with Gasteiger partial charge in [-0.25, -0.2) is 4.79 Å². The lowest BCUT2D eigenvalue weighted by Gasteiger charge is -2.04. The molecule has 86 valence electrons. The van der Waals surface area contributed by atoms with Crippen LogP contribution >= 0.6 is 11.6 Å². The fourth-order valence-corrected chi connectivity index (χ4v) is 1.52. The van der Waals surface area contributed by atoms with Crippen LogP contribution in [0.3, 0.4) is 0 Å². The summed E-state index contributed by atoms with van der Waals surface area (Å²) in [5.41, 5.74) is 2.09. The highest BCUT2D eigenvalue weighted by Crippen LogP contribution is 2.16. The third-order valence-electron chi connectivity index (χ3n) is 2.37. The molecule has 0 atom stereocenters. The number of carbonyl (C=O) groups is 1. The molecule has 0 saturated carbocycles.